The zero-order valence-electron chi connectivity index (χ0n) is 32.5. The zero-order valence-corrected chi connectivity index (χ0v) is 32.5. The summed E-state index contributed by atoms with van der Waals surface area (Å²) in [7, 11) is 1.38. The summed E-state index contributed by atoms with van der Waals surface area (Å²) in [5, 5.41) is 19.8. The summed E-state index contributed by atoms with van der Waals surface area (Å²) in [5.74, 6) is -0.199. The van der Waals surface area contributed by atoms with Gasteiger partial charge in [-0.05, 0) is 91.3 Å². The van der Waals surface area contributed by atoms with E-state index in [2.05, 4.69) is 78.7 Å². The molecule has 1 saturated heterocycles. The maximum Gasteiger partial charge on any atom is 0.358 e. The smallest absolute Gasteiger partial charge is 0.358 e. The number of methoxy groups -OCH3 is 1. The summed E-state index contributed by atoms with van der Waals surface area (Å²) in [6.45, 7) is 23.7. The average Bonchev–Trinajstić information content (AvgIpc) is 3.53. The van der Waals surface area contributed by atoms with Crippen LogP contribution in [0.3, 0.4) is 0 Å². The summed E-state index contributed by atoms with van der Waals surface area (Å²) in [4.78, 5) is 26.6. The fraction of sp³-hybridized carbons (Fsp3) is 0.850. The fourth-order valence-corrected chi connectivity index (χ4v) is 12.3. The maximum absolute atomic E-state index is 13.5. The number of aromatic nitrogens is 3. The first-order valence-corrected chi connectivity index (χ1v) is 19.2. The molecule has 4 fully saturated rings. The van der Waals surface area contributed by atoms with Crippen LogP contribution >= 0.6 is 0 Å². The predicted octanol–water partition coefficient (Wildman–Crippen LogP) is 6.95. The number of fused-ring (bicyclic) bond motifs is 3. The molecule has 3 saturated carbocycles. The summed E-state index contributed by atoms with van der Waals surface area (Å²) in [6.07, 6.45) is 8.91. The number of carboxylic acids is 1. The highest BCUT2D eigenvalue weighted by Gasteiger charge is 2.72. The number of nitrogens with two attached hydrogens (primary N) is 1. The molecule has 0 amide bonds. The normalized spacial score (nSPS) is 42.8. The molecule has 0 spiro atoms. The summed E-state index contributed by atoms with van der Waals surface area (Å²) >= 11 is 0. The molecule has 280 valence electrons. The number of esters is 1. The Labute approximate surface area is 299 Å². The molecule has 2 bridgehead atoms. The number of nitrogens with zero attached hydrogens (tertiary/aromatic N) is 3. The first kappa shape index (κ1) is 37.5. The summed E-state index contributed by atoms with van der Waals surface area (Å²) < 4.78 is 20.6. The first-order valence-electron chi connectivity index (χ1n) is 19.2. The summed E-state index contributed by atoms with van der Waals surface area (Å²) in [6, 6.07) is -0.311. The molecule has 4 aliphatic carbocycles. The average molecular weight is 697 g/mol. The van der Waals surface area contributed by atoms with E-state index in [0.29, 0.717) is 37.9 Å². The fourth-order valence-electron chi connectivity index (χ4n) is 12.3. The van der Waals surface area contributed by atoms with Gasteiger partial charge in [0.1, 0.15) is 0 Å². The molecular weight excluding hydrogens is 632 g/mol. The van der Waals surface area contributed by atoms with E-state index in [1.165, 1.54) is 18.9 Å². The van der Waals surface area contributed by atoms with Gasteiger partial charge in [0.15, 0.2) is 5.69 Å². The van der Waals surface area contributed by atoms with Gasteiger partial charge in [-0.3, -0.25) is 4.79 Å². The van der Waals surface area contributed by atoms with E-state index >= 15 is 0 Å². The SMILES string of the molecule is COC(=O)c1cnnn1[C@@H]1C[C@@]23COCC(C)([C@H]1OC[C@](C)(N)C(C)C)[C@@H]2CC[C@H]1C3=CC[C@@]2(C)[C@H](C(=O)O)[C@@](C)([C@H](C)C(C)C)CC[C@]12C. The molecule has 3 N–H and O–H groups in total. The van der Waals surface area contributed by atoms with Crippen LogP contribution in [0.1, 0.15) is 124 Å². The topological polar surface area (TPSA) is 139 Å². The van der Waals surface area contributed by atoms with E-state index in [1.54, 1.807) is 4.68 Å². The monoisotopic (exact) mass is 696 g/mol. The molecule has 1 aromatic heterocycles. The number of rotatable bonds is 9. The number of hydrogen-bond donors (Lipinski definition) is 2. The first-order chi connectivity index (χ1) is 23.2. The number of aliphatic carboxylic acids is 1. The van der Waals surface area contributed by atoms with Crippen molar-refractivity contribution in [2.75, 3.05) is 26.9 Å². The van der Waals surface area contributed by atoms with Crippen molar-refractivity contribution in [3.63, 3.8) is 0 Å². The molecule has 0 aromatic carbocycles. The molecule has 50 heavy (non-hydrogen) atoms. The van der Waals surface area contributed by atoms with Gasteiger partial charge >= 0.3 is 11.9 Å². The third-order valence-corrected chi connectivity index (χ3v) is 16.3. The lowest BCUT2D eigenvalue weighted by Gasteiger charge is -2.71. The van der Waals surface area contributed by atoms with Crippen LogP contribution in [-0.2, 0) is 19.0 Å². The zero-order chi connectivity index (χ0) is 36.8. The number of carbonyl (C=O) groups excluding carboxylic acids is 1. The van der Waals surface area contributed by atoms with Crippen molar-refractivity contribution in [2.45, 2.75) is 125 Å². The maximum atomic E-state index is 13.5. The van der Waals surface area contributed by atoms with Crippen LogP contribution in [0.5, 0.6) is 0 Å². The lowest BCUT2D eigenvalue weighted by atomic mass is 9.34. The standard InChI is InChI=1S/C40H64N4O6/c1-23(2)25(5)35(6)16-17-37(8)26-12-13-30-36(7)20-49-22-40(30,27(26)14-15-38(37,9)31(35)33(45)46)18-28(32(36)50-21-39(10,41)24(3)4)44-29(19-42-43-44)34(47)48-11/h14,19,23-26,28,30-32H,12-13,15-18,20-22,41H2,1-11H3,(H,45,46)/t25-,26+,28-,30+,31-,32+,35-,36?,37-,38+,39+,40+/m1/s1. The molecule has 1 aliphatic heterocycles. The summed E-state index contributed by atoms with van der Waals surface area (Å²) in [5.41, 5.74) is 6.35. The molecule has 0 radical (unpaired) electrons. The third kappa shape index (κ3) is 5.11. The number of ether oxygens (including phenoxy) is 3. The van der Waals surface area contributed by atoms with Crippen LogP contribution in [0.2, 0.25) is 0 Å². The Hall–Kier alpha value is -2.30. The van der Waals surface area contributed by atoms with Crippen LogP contribution in [-0.4, -0.2) is 70.6 Å². The molecule has 5 aliphatic rings. The van der Waals surface area contributed by atoms with Gasteiger partial charge in [0.25, 0.3) is 0 Å². The van der Waals surface area contributed by atoms with Crippen molar-refractivity contribution >= 4 is 11.9 Å². The Morgan fingerprint density at radius 3 is 2.42 bits per heavy atom. The highest BCUT2D eigenvalue weighted by Crippen LogP contribution is 2.75. The van der Waals surface area contributed by atoms with E-state index in [1.807, 2.05) is 6.92 Å². The van der Waals surface area contributed by atoms with Gasteiger partial charge in [0.2, 0.25) is 0 Å². The van der Waals surface area contributed by atoms with Crippen LogP contribution in [0.15, 0.2) is 17.8 Å². The van der Waals surface area contributed by atoms with Gasteiger partial charge in [-0.25, -0.2) is 9.48 Å². The Kier molecular flexibility index (Phi) is 9.29. The number of allylic oxidation sites excluding steroid dienone is 1. The van der Waals surface area contributed by atoms with Gasteiger partial charge in [0, 0.05) is 16.4 Å². The van der Waals surface area contributed by atoms with Crippen molar-refractivity contribution in [1.29, 1.82) is 0 Å². The second kappa shape index (κ2) is 12.4. The Morgan fingerprint density at radius 1 is 1.10 bits per heavy atom. The van der Waals surface area contributed by atoms with E-state index in [-0.39, 0.29) is 52.1 Å². The number of carboxylic acid groups (broad SMARTS) is 1. The van der Waals surface area contributed by atoms with Crippen LogP contribution in [0.4, 0.5) is 0 Å². The third-order valence-electron chi connectivity index (χ3n) is 16.3. The van der Waals surface area contributed by atoms with Gasteiger partial charge in [-0.1, -0.05) is 79.2 Å². The second-order valence-electron chi connectivity index (χ2n) is 19.1. The molecule has 6 rings (SSSR count). The largest absolute Gasteiger partial charge is 0.481 e. The number of hydrogen-bond acceptors (Lipinski definition) is 8. The quantitative estimate of drug-likeness (QED) is 0.207. The molecule has 1 aromatic rings. The molecule has 12 atom stereocenters. The molecular formula is C40H64N4O6. The van der Waals surface area contributed by atoms with Crippen molar-refractivity contribution in [2.24, 2.45) is 68.3 Å². The van der Waals surface area contributed by atoms with E-state index in [4.69, 9.17) is 19.9 Å². The second-order valence-corrected chi connectivity index (χ2v) is 19.1. The minimum atomic E-state index is -0.654. The van der Waals surface area contributed by atoms with Gasteiger partial charge in [-0.15, -0.1) is 5.10 Å². The van der Waals surface area contributed by atoms with E-state index < -0.39 is 34.2 Å². The predicted molar refractivity (Wildman–Crippen MR) is 191 cm³/mol. The van der Waals surface area contributed by atoms with E-state index in [0.717, 1.165) is 32.1 Å². The van der Waals surface area contributed by atoms with Crippen molar-refractivity contribution < 1.29 is 28.9 Å². The Bertz CT molecular complexity index is 1520. The van der Waals surface area contributed by atoms with Gasteiger partial charge in [-0.2, -0.15) is 0 Å². The molecule has 10 nitrogen and oxygen atoms in total. The van der Waals surface area contributed by atoms with E-state index in [9.17, 15) is 14.7 Å². The lowest BCUT2D eigenvalue weighted by molar-refractivity contribution is -0.253. The molecule has 10 heteroatoms. The lowest BCUT2D eigenvalue weighted by Crippen LogP contribution is -2.69. The van der Waals surface area contributed by atoms with Crippen LogP contribution in [0, 0.1) is 62.6 Å². The van der Waals surface area contributed by atoms with Gasteiger partial charge < -0.3 is 25.1 Å². The van der Waals surface area contributed by atoms with Crippen molar-refractivity contribution in [3.8, 4) is 0 Å². The van der Waals surface area contributed by atoms with Crippen molar-refractivity contribution in [3.05, 3.63) is 23.5 Å². The highest BCUT2D eigenvalue weighted by atomic mass is 16.5. The van der Waals surface area contributed by atoms with Crippen LogP contribution < -0.4 is 5.73 Å². The van der Waals surface area contributed by atoms with Gasteiger partial charge in [0.05, 0.1) is 51.2 Å². The minimum absolute atomic E-state index is 0.199. The minimum Gasteiger partial charge on any atom is -0.481 e. The molecule has 1 unspecified atom stereocenters. The number of carbonyl (C=O) groups is 2. The van der Waals surface area contributed by atoms with Crippen molar-refractivity contribution in [1.82, 2.24) is 15.0 Å². The Morgan fingerprint density at radius 2 is 1.80 bits per heavy atom. The molecule has 2 heterocycles. The Balaban J connectivity index is 1.48. The van der Waals surface area contributed by atoms with Crippen LogP contribution in [0.25, 0.3) is 0 Å². The highest BCUT2D eigenvalue weighted by molar-refractivity contribution is 5.87.